The molecule has 18 heavy (non-hydrogen) atoms. The van der Waals surface area contributed by atoms with Crippen LogP contribution in [0, 0.1) is 13.8 Å². The van der Waals surface area contributed by atoms with Crippen LogP contribution in [-0.4, -0.2) is 36.8 Å². The molecule has 0 radical (unpaired) electrons. The molecule has 1 fully saturated rings. The van der Waals surface area contributed by atoms with Gasteiger partial charge in [-0.3, -0.25) is 4.79 Å². The summed E-state index contributed by atoms with van der Waals surface area (Å²) in [5, 5.41) is 12.1. The molecular formula is C14H20N2O2. The van der Waals surface area contributed by atoms with Crippen molar-refractivity contribution in [2.75, 3.05) is 24.5 Å². The second-order valence-corrected chi connectivity index (χ2v) is 5.04. The van der Waals surface area contributed by atoms with E-state index in [1.165, 1.54) is 16.8 Å². The largest absolute Gasteiger partial charge is 0.481 e. The average molecular weight is 248 g/mol. The smallest absolute Gasteiger partial charge is 0.304 e. The van der Waals surface area contributed by atoms with E-state index >= 15 is 0 Å². The van der Waals surface area contributed by atoms with E-state index in [0.717, 1.165) is 19.6 Å². The summed E-state index contributed by atoms with van der Waals surface area (Å²) < 4.78 is 0. The summed E-state index contributed by atoms with van der Waals surface area (Å²) >= 11 is 0. The molecule has 1 aliphatic heterocycles. The number of carboxylic acids is 1. The van der Waals surface area contributed by atoms with Crippen molar-refractivity contribution in [3.63, 3.8) is 0 Å². The molecule has 1 atom stereocenters. The second-order valence-electron chi connectivity index (χ2n) is 5.04. The SMILES string of the molecule is Cc1cc(C)cc(N2CCNC(CC(=O)O)C2)c1. The summed E-state index contributed by atoms with van der Waals surface area (Å²) in [5.41, 5.74) is 3.70. The van der Waals surface area contributed by atoms with Crippen LogP contribution >= 0.6 is 0 Å². The molecule has 1 saturated heterocycles. The molecule has 0 bridgehead atoms. The van der Waals surface area contributed by atoms with Crippen molar-refractivity contribution in [1.82, 2.24) is 5.32 Å². The van der Waals surface area contributed by atoms with Crippen molar-refractivity contribution in [2.24, 2.45) is 0 Å². The fourth-order valence-electron chi connectivity index (χ4n) is 2.54. The van der Waals surface area contributed by atoms with Gasteiger partial charge >= 0.3 is 5.97 Å². The molecule has 0 saturated carbocycles. The van der Waals surface area contributed by atoms with Gasteiger partial charge in [-0.2, -0.15) is 0 Å². The van der Waals surface area contributed by atoms with Gasteiger partial charge in [0.2, 0.25) is 0 Å². The maximum absolute atomic E-state index is 10.8. The highest BCUT2D eigenvalue weighted by Crippen LogP contribution is 2.20. The summed E-state index contributed by atoms with van der Waals surface area (Å²) in [6.45, 7) is 6.71. The zero-order chi connectivity index (χ0) is 13.1. The molecule has 2 rings (SSSR count). The normalized spacial score (nSPS) is 19.9. The summed E-state index contributed by atoms with van der Waals surface area (Å²) in [6.07, 6.45) is 0.182. The van der Waals surface area contributed by atoms with Crippen LogP contribution in [0.2, 0.25) is 0 Å². The number of carboxylic acid groups (broad SMARTS) is 1. The number of aliphatic carboxylic acids is 1. The van der Waals surface area contributed by atoms with Crippen LogP contribution < -0.4 is 10.2 Å². The fraction of sp³-hybridized carbons (Fsp3) is 0.500. The van der Waals surface area contributed by atoms with Crippen molar-refractivity contribution >= 4 is 11.7 Å². The van der Waals surface area contributed by atoms with E-state index in [0.29, 0.717) is 0 Å². The Bertz CT molecular complexity index is 425. The molecule has 0 spiro atoms. The first-order valence-corrected chi connectivity index (χ1v) is 6.33. The van der Waals surface area contributed by atoms with E-state index in [-0.39, 0.29) is 12.5 Å². The predicted octanol–water partition coefficient (Wildman–Crippen LogP) is 1.56. The number of aryl methyl sites for hydroxylation is 2. The Morgan fingerprint density at radius 2 is 2.06 bits per heavy atom. The number of rotatable bonds is 3. The van der Waals surface area contributed by atoms with E-state index < -0.39 is 5.97 Å². The van der Waals surface area contributed by atoms with Crippen LogP contribution in [0.5, 0.6) is 0 Å². The minimum absolute atomic E-state index is 0.0390. The highest BCUT2D eigenvalue weighted by atomic mass is 16.4. The Labute approximate surface area is 108 Å². The molecule has 0 aromatic heterocycles. The molecule has 0 amide bonds. The van der Waals surface area contributed by atoms with Crippen LogP contribution in [0.3, 0.4) is 0 Å². The Morgan fingerprint density at radius 3 is 2.67 bits per heavy atom. The van der Waals surface area contributed by atoms with Gasteiger partial charge in [0.05, 0.1) is 6.42 Å². The van der Waals surface area contributed by atoms with Crippen molar-refractivity contribution in [3.05, 3.63) is 29.3 Å². The van der Waals surface area contributed by atoms with Crippen LogP contribution in [0.4, 0.5) is 5.69 Å². The third-order valence-electron chi connectivity index (χ3n) is 3.25. The number of anilines is 1. The lowest BCUT2D eigenvalue weighted by Crippen LogP contribution is -2.51. The van der Waals surface area contributed by atoms with Gasteiger partial charge in [0, 0.05) is 31.4 Å². The number of piperazine rings is 1. The summed E-state index contributed by atoms with van der Waals surface area (Å²) in [7, 11) is 0. The zero-order valence-corrected chi connectivity index (χ0v) is 10.9. The molecule has 1 aromatic carbocycles. The fourth-order valence-corrected chi connectivity index (χ4v) is 2.54. The Balaban J connectivity index is 2.10. The van der Waals surface area contributed by atoms with Crippen molar-refractivity contribution in [1.29, 1.82) is 0 Å². The maximum atomic E-state index is 10.8. The molecule has 1 heterocycles. The van der Waals surface area contributed by atoms with Crippen LogP contribution in [-0.2, 0) is 4.79 Å². The van der Waals surface area contributed by atoms with Gasteiger partial charge in [-0.05, 0) is 37.1 Å². The summed E-state index contributed by atoms with van der Waals surface area (Å²) in [4.78, 5) is 13.0. The van der Waals surface area contributed by atoms with E-state index in [9.17, 15) is 4.79 Å². The average Bonchev–Trinajstić information content (AvgIpc) is 2.27. The molecule has 98 valence electrons. The number of benzene rings is 1. The van der Waals surface area contributed by atoms with Gasteiger partial charge in [0.15, 0.2) is 0 Å². The molecular weight excluding hydrogens is 228 g/mol. The third kappa shape index (κ3) is 3.23. The van der Waals surface area contributed by atoms with E-state index in [1.54, 1.807) is 0 Å². The van der Waals surface area contributed by atoms with Crippen LogP contribution in [0.1, 0.15) is 17.5 Å². The summed E-state index contributed by atoms with van der Waals surface area (Å²) in [5.74, 6) is -0.741. The maximum Gasteiger partial charge on any atom is 0.304 e. The molecule has 1 aromatic rings. The molecule has 1 aliphatic rings. The standard InChI is InChI=1S/C14H20N2O2/c1-10-5-11(2)7-13(6-10)16-4-3-15-12(9-16)8-14(17)18/h5-7,12,15H,3-4,8-9H2,1-2H3,(H,17,18). The number of carbonyl (C=O) groups is 1. The number of hydrogen-bond donors (Lipinski definition) is 2. The first-order chi connectivity index (χ1) is 8.54. The molecule has 4 heteroatoms. The van der Waals surface area contributed by atoms with E-state index in [4.69, 9.17) is 5.11 Å². The van der Waals surface area contributed by atoms with E-state index in [1.807, 2.05) is 0 Å². The Morgan fingerprint density at radius 1 is 1.39 bits per heavy atom. The van der Waals surface area contributed by atoms with Crippen molar-refractivity contribution < 1.29 is 9.90 Å². The molecule has 2 N–H and O–H groups in total. The zero-order valence-electron chi connectivity index (χ0n) is 10.9. The van der Waals surface area contributed by atoms with Gasteiger partial charge in [-0.1, -0.05) is 6.07 Å². The minimum Gasteiger partial charge on any atom is -0.481 e. The molecule has 0 aliphatic carbocycles. The van der Waals surface area contributed by atoms with E-state index in [2.05, 4.69) is 42.3 Å². The highest BCUT2D eigenvalue weighted by Gasteiger charge is 2.21. The van der Waals surface area contributed by atoms with Gasteiger partial charge < -0.3 is 15.3 Å². The Hall–Kier alpha value is -1.55. The van der Waals surface area contributed by atoms with Gasteiger partial charge in [-0.25, -0.2) is 0 Å². The lowest BCUT2D eigenvalue weighted by molar-refractivity contribution is -0.137. The lowest BCUT2D eigenvalue weighted by atomic mass is 10.1. The van der Waals surface area contributed by atoms with Crippen LogP contribution in [0.15, 0.2) is 18.2 Å². The minimum atomic E-state index is -0.741. The molecule has 4 nitrogen and oxygen atoms in total. The Kier molecular flexibility index (Phi) is 3.87. The highest BCUT2D eigenvalue weighted by molar-refractivity contribution is 5.67. The van der Waals surface area contributed by atoms with Crippen molar-refractivity contribution in [3.8, 4) is 0 Å². The van der Waals surface area contributed by atoms with Gasteiger partial charge in [-0.15, -0.1) is 0 Å². The first-order valence-electron chi connectivity index (χ1n) is 6.33. The summed E-state index contributed by atoms with van der Waals surface area (Å²) in [6, 6.07) is 6.52. The number of hydrogen-bond acceptors (Lipinski definition) is 3. The predicted molar refractivity (Wildman–Crippen MR) is 72.2 cm³/mol. The quantitative estimate of drug-likeness (QED) is 0.852. The van der Waals surface area contributed by atoms with Crippen molar-refractivity contribution in [2.45, 2.75) is 26.3 Å². The van der Waals surface area contributed by atoms with Gasteiger partial charge in [0.25, 0.3) is 0 Å². The lowest BCUT2D eigenvalue weighted by Gasteiger charge is -2.35. The molecule has 1 unspecified atom stereocenters. The van der Waals surface area contributed by atoms with Gasteiger partial charge in [0.1, 0.15) is 0 Å². The second kappa shape index (κ2) is 5.40. The van der Waals surface area contributed by atoms with Crippen LogP contribution in [0.25, 0.3) is 0 Å². The topological polar surface area (TPSA) is 52.6 Å². The third-order valence-corrected chi connectivity index (χ3v) is 3.25. The number of nitrogens with one attached hydrogen (secondary N) is 1. The number of nitrogens with zero attached hydrogens (tertiary/aromatic N) is 1. The first kappa shape index (κ1) is 12.9. The monoisotopic (exact) mass is 248 g/mol.